The fraction of sp³-hybridized carbons (Fsp3) is 0.214. The van der Waals surface area contributed by atoms with E-state index in [-0.39, 0.29) is 0 Å². The Kier molecular flexibility index (Phi) is 3.75. The molecule has 19 heavy (non-hydrogen) atoms. The molecule has 0 aliphatic carbocycles. The number of nitrogens with two attached hydrogens (primary N) is 1. The third-order valence-corrected chi connectivity index (χ3v) is 2.67. The van der Waals surface area contributed by atoms with Gasteiger partial charge in [-0.2, -0.15) is 0 Å². The first-order chi connectivity index (χ1) is 9.06. The molecule has 5 nitrogen and oxygen atoms in total. The van der Waals surface area contributed by atoms with Crippen molar-refractivity contribution in [2.45, 2.75) is 19.9 Å². The Bertz CT molecular complexity index is 563. The summed E-state index contributed by atoms with van der Waals surface area (Å²) in [7, 11) is 0. The van der Waals surface area contributed by atoms with Crippen LogP contribution in [0.25, 0.3) is 0 Å². The number of aromatic nitrogens is 2. The summed E-state index contributed by atoms with van der Waals surface area (Å²) in [6.45, 7) is 3.75. The van der Waals surface area contributed by atoms with Crippen LogP contribution in [0, 0.1) is 13.8 Å². The summed E-state index contributed by atoms with van der Waals surface area (Å²) in [6.07, 6.45) is 0. The summed E-state index contributed by atoms with van der Waals surface area (Å²) in [6, 6.07) is 10.5. The highest BCUT2D eigenvalue weighted by molar-refractivity contribution is 5.83. The molecular weight excluding hydrogens is 240 g/mol. The number of benzene rings is 1. The molecule has 1 unspecified atom stereocenters. The predicted octanol–water partition coefficient (Wildman–Crippen LogP) is 1.73. The maximum absolute atomic E-state index is 11.6. The van der Waals surface area contributed by atoms with Crippen LogP contribution in [0.3, 0.4) is 0 Å². The molecule has 0 radical (unpaired) electrons. The second kappa shape index (κ2) is 5.48. The lowest BCUT2D eigenvalue weighted by atomic mass is 10.1. The maximum Gasteiger partial charge on any atom is 0.244 e. The van der Waals surface area contributed by atoms with Gasteiger partial charge in [0.2, 0.25) is 11.9 Å². The number of carbonyl (C=O) groups excluding carboxylic acids is 1. The molecule has 0 aliphatic rings. The molecular formula is C14H16N4O. The van der Waals surface area contributed by atoms with E-state index < -0.39 is 11.9 Å². The molecule has 2 aromatic rings. The van der Waals surface area contributed by atoms with Gasteiger partial charge in [0.05, 0.1) is 0 Å². The van der Waals surface area contributed by atoms with Crippen LogP contribution in [0.1, 0.15) is 23.0 Å². The Labute approximate surface area is 111 Å². The van der Waals surface area contributed by atoms with Gasteiger partial charge in [-0.05, 0) is 25.5 Å². The van der Waals surface area contributed by atoms with Crippen LogP contribution >= 0.6 is 0 Å². The van der Waals surface area contributed by atoms with Gasteiger partial charge in [0, 0.05) is 11.4 Å². The number of rotatable bonds is 4. The number of primary amides is 1. The molecule has 1 amide bonds. The normalized spacial score (nSPS) is 11.9. The lowest BCUT2D eigenvalue weighted by Gasteiger charge is -2.16. The highest BCUT2D eigenvalue weighted by Crippen LogP contribution is 2.17. The molecule has 1 heterocycles. The molecule has 0 spiro atoms. The van der Waals surface area contributed by atoms with E-state index in [0.29, 0.717) is 5.95 Å². The van der Waals surface area contributed by atoms with Crippen LogP contribution < -0.4 is 11.1 Å². The van der Waals surface area contributed by atoms with Crippen LogP contribution in [0.5, 0.6) is 0 Å². The van der Waals surface area contributed by atoms with Crippen LogP contribution in [-0.4, -0.2) is 15.9 Å². The smallest absolute Gasteiger partial charge is 0.244 e. The van der Waals surface area contributed by atoms with Gasteiger partial charge in [-0.25, -0.2) is 9.97 Å². The first-order valence-electron chi connectivity index (χ1n) is 5.99. The monoisotopic (exact) mass is 256 g/mol. The van der Waals surface area contributed by atoms with E-state index in [2.05, 4.69) is 15.3 Å². The highest BCUT2D eigenvalue weighted by atomic mass is 16.1. The number of amides is 1. The van der Waals surface area contributed by atoms with E-state index in [0.717, 1.165) is 17.0 Å². The predicted molar refractivity (Wildman–Crippen MR) is 73.5 cm³/mol. The number of aryl methyl sites for hydroxylation is 2. The van der Waals surface area contributed by atoms with Crippen molar-refractivity contribution in [3.05, 3.63) is 53.3 Å². The van der Waals surface area contributed by atoms with Crippen molar-refractivity contribution < 1.29 is 4.79 Å². The zero-order chi connectivity index (χ0) is 13.8. The lowest BCUT2D eigenvalue weighted by molar-refractivity contribution is -0.118. The van der Waals surface area contributed by atoms with Gasteiger partial charge in [-0.15, -0.1) is 0 Å². The van der Waals surface area contributed by atoms with E-state index in [9.17, 15) is 4.79 Å². The molecule has 0 saturated carbocycles. The number of nitrogens with zero attached hydrogens (tertiary/aromatic N) is 2. The van der Waals surface area contributed by atoms with Gasteiger partial charge in [-0.3, -0.25) is 4.79 Å². The van der Waals surface area contributed by atoms with E-state index in [1.807, 2.05) is 50.2 Å². The zero-order valence-electron chi connectivity index (χ0n) is 10.9. The zero-order valence-corrected chi connectivity index (χ0v) is 10.9. The van der Waals surface area contributed by atoms with E-state index in [4.69, 9.17) is 5.73 Å². The van der Waals surface area contributed by atoms with E-state index in [1.165, 1.54) is 0 Å². The van der Waals surface area contributed by atoms with Crippen molar-refractivity contribution in [2.75, 3.05) is 5.32 Å². The summed E-state index contributed by atoms with van der Waals surface area (Å²) >= 11 is 0. The second-order valence-corrected chi connectivity index (χ2v) is 4.36. The van der Waals surface area contributed by atoms with Crippen LogP contribution in [0.4, 0.5) is 5.95 Å². The lowest BCUT2D eigenvalue weighted by Crippen LogP contribution is -2.28. The summed E-state index contributed by atoms with van der Waals surface area (Å²) in [5.74, 6) is -0.0564. The molecule has 1 aromatic carbocycles. The van der Waals surface area contributed by atoms with Crippen molar-refractivity contribution in [3.63, 3.8) is 0 Å². The van der Waals surface area contributed by atoms with Crippen LogP contribution in [0.15, 0.2) is 36.4 Å². The average molecular weight is 256 g/mol. The number of hydrogen-bond donors (Lipinski definition) is 2. The Morgan fingerprint density at radius 3 is 2.26 bits per heavy atom. The fourth-order valence-electron chi connectivity index (χ4n) is 1.88. The van der Waals surface area contributed by atoms with Crippen molar-refractivity contribution in [1.82, 2.24) is 9.97 Å². The van der Waals surface area contributed by atoms with Gasteiger partial charge in [0.25, 0.3) is 0 Å². The molecule has 2 rings (SSSR count). The molecule has 0 bridgehead atoms. The van der Waals surface area contributed by atoms with Crippen LogP contribution in [0.2, 0.25) is 0 Å². The first-order valence-corrected chi connectivity index (χ1v) is 5.99. The summed E-state index contributed by atoms with van der Waals surface area (Å²) in [5, 5.41) is 2.98. The SMILES string of the molecule is Cc1cc(C)nc(NC(C(N)=O)c2ccccc2)n1. The first kappa shape index (κ1) is 13.0. The number of hydrogen-bond acceptors (Lipinski definition) is 4. The minimum absolute atomic E-state index is 0.408. The third kappa shape index (κ3) is 3.28. The maximum atomic E-state index is 11.6. The Morgan fingerprint density at radius 2 is 1.74 bits per heavy atom. The third-order valence-electron chi connectivity index (χ3n) is 2.67. The molecule has 1 atom stereocenters. The summed E-state index contributed by atoms with van der Waals surface area (Å²) in [4.78, 5) is 20.1. The topological polar surface area (TPSA) is 80.9 Å². The van der Waals surface area contributed by atoms with E-state index in [1.54, 1.807) is 0 Å². The standard InChI is InChI=1S/C14H16N4O/c1-9-8-10(2)17-14(16-9)18-12(13(15)19)11-6-4-3-5-7-11/h3-8,12H,1-2H3,(H2,15,19)(H,16,17,18). The molecule has 98 valence electrons. The van der Waals surface area contributed by atoms with Crippen molar-refractivity contribution >= 4 is 11.9 Å². The average Bonchev–Trinajstić information content (AvgIpc) is 2.35. The second-order valence-electron chi connectivity index (χ2n) is 4.36. The van der Waals surface area contributed by atoms with Gasteiger partial charge >= 0.3 is 0 Å². The van der Waals surface area contributed by atoms with Crippen LogP contribution in [-0.2, 0) is 4.79 Å². The Morgan fingerprint density at radius 1 is 1.16 bits per heavy atom. The molecule has 3 N–H and O–H groups in total. The minimum Gasteiger partial charge on any atom is -0.368 e. The molecule has 5 heteroatoms. The van der Waals surface area contributed by atoms with Crippen molar-refractivity contribution in [3.8, 4) is 0 Å². The van der Waals surface area contributed by atoms with Gasteiger partial charge in [-0.1, -0.05) is 30.3 Å². The minimum atomic E-state index is -0.637. The van der Waals surface area contributed by atoms with Crippen molar-refractivity contribution in [2.24, 2.45) is 5.73 Å². The highest BCUT2D eigenvalue weighted by Gasteiger charge is 2.18. The molecule has 0 saturated heterocycles. The number of nitrogens with one attached hydrogen (secondary N) is 1. The summed E-state index contributed by atoms with van der Waals surface area (Å²) < 4.78 is 0. The van der Waals surface area contributed by atoms with Crippen molar-refractivity contribution in [1.29, 1.82) is 0 Å². The number of anilines is 1. The quantitative estimate of drug-likeness (QED) is 0.873. The molecule has 0 aliphatic heterocycles. The van der Waals surface area contributed by atoms with Gasteiger partial charge < -0.3 is 11.1 Å². The largest absolute Gasteiger partial charge is 0.368 e. The molecule has 0 fully saturated rings. The summed E-state index contributed by atoms with van der Waals surface area (Å²) in [5.41, 5.74) is 7.90. The molecule has 1 aromatic heterocycles. The number of carbonyl (C=O) groups is 1. The fourth-order valence-corrected chi connectivity index (χ4v) is 1.88. The van der Waals surface area contributed by atoms with Gasteiger partial charge in [0.1, 0.15) is 6.04 Å². The van der Waals surface area contributed by atoms with E-state index >= 15 is 0 Å². The van der Waals surface area contributed by atoms with Gasteiger partial charge in [0.15, 0.2) is 0 Å². The Hall–Kier alpha value is -2.43. The Balaban J connectivity index is 2.29.